The topological polar surface area (TPSA) is 114 Å². The van der Waals surface area contributed by atoms with Gasteiger partial charge in [0.15, 0.2) is 5.82 Å². The fourth-order valence-electron chi connectivity index (χ4n) is 3.57. The summed E-state index contributed by atoms with van der Waals surface area (Å²) in [6.45, 7) is 0.0494. The maximum atomic E-state index is 12.7. The summed E-state index contributed by atoms with van der Waals surface area (Å²) in [7, 11) is 0. The molecule has 1 aromatic heterocycles. The molecule has 1 aliphatic carbocycles. The van der Waals surface area contributed by atoms with Gasteiger partial charge in [-0.25, -0.2) is 4.68 Å². The van der Waals surface area contributed by atoms with Crippen LogP contribution in [0.3, 0.4) is 0 Å². The molecule has 0 saturated heterocycles. The minimum Gasteiger partial charge on any atom is -0.376 e. The van der Waals surface area contributed by atoms with Crippen LogP contribution in [0.15, 0.2) is 78.9 Å². The van der Waals surface area contributed by atoms with Gasteiger partial charge in [0.25, 0.3) is 5.91 Å². The number of aromatic nitrogens is 4. The predicted octanol–water partition coefficient (Wildman–Crippen LogP) is 3.98. The first-order valence-electron chi connectivity index (χ1n) is 11.0. The molecule has 34 heavy (non-hydrogen) atoms. The molecule has 0 aliphatic heterocycles. The van der Waals surface area contributed by atoms with Crippen LogP contribution in [0, 0.1) is 0 Å². The smallest absolute Gasteiger partial charge is 0.257 e. The van der Waals surface area contributed by atoms with Crippen molar-refractivity contribution in [3.63, 3.8) is 0 Å². The summed E-state index contributed by atoms with van der Waals surface area (Å²) in [6.07, 6.45) is 2.20. The van der Waals surface area contributed by atoms with E-state index in [4.69, 9.17) is 0 Å². The number of hydrogen-bond acceptors (Lipinski definition) is 6. The van der Waals surface area contributed by atoms with Crippen molar-refractivity contribution >= 4 is 28.9 Å². The second-order valence-corrected chi connectivity index (χ2v) is 8.02. The molecule has 4 aromatic rings. The molecule has 9 nitrogen and oxygen atoms in total. The molecule has 0 spiro atoms. The average Bonchev–Trinajstić information content (AvgIpc) is 3.60. The van der Waals surface area contributed by atoms with Crippen LogP contribution in [0.1, 0.15) is 29.2 Å². The first kappa shape index (κ1) is 21.3. The number of carbonyl (C=O) groups excluding carboxylic acids is 2. The number of benzene rings is 3. The Bertz CT molecular complexity index is 1300. The molecule has 1 saturated carbocycles. The van der Waals surface area contributed by atoms with Gasteiger partial charge in [-0.2, -0.15) is 0 Å². The van der Waals surface area contributed by atoms with Gasteiger partial charge in [0, 0.05) is 16.9 Å². The molecule has 1 aliphatic rings. The van der Waals surface area contributed by atoms with Gasteiger partial charge < -0.3 is 16.0 Å². The van der Waals surface area contributed by atoms with Crippen LogP contribution in [-0.2, 0) is 4.79 Å². The summed E-state index contributed by atoms with van der Waals surface area (Å²) in [4.78, 5) is 25.3. The second kappa shape index (κ2) is 9.53. The van der Waals surface area contributed by atoms with E-state index in [0.29, 0.717) is 23.0 Å². The number of rotatable bonds is 8. The Morgan fingerprint density at radius 3 is 2.35 bits per heavy atom. The summed E-state index contributed by atoms with van der Waals surface area (Å²) in [6, 6.07) is 24.1. The van der Waals surface area contributed by atoms with Crippen LogP contribution in [0.2, 0.25) is 0 Å². The second-order valence-electron chi connectivity index (χ2n) is 8.02. The molecule has 5 rings (SSSR count). The molecule has 0 unspecified atom stereocenters. The maximum absolute atomic E-state index is 12.7. The third-order valence-electron chi connectivity index (χ3n) is 5.46. The number of anilines is 3. The van der Waals surface area contributed by atoms with Gasteiger partial charge in [-0.15, -0.1) is 5.10 Å². The van der Waals surface area contributed by atoms with Crippen molar-refractivity contribution in [2.45, 2.75) is 18.9 Å². The highest BCUT2D eigenvalue weighted by atomic mass is 16.2. The number of para-hydroxylation sites is 2. The number of nitrogens with one attached hydrogen (secondary N) is 3. The minimum atomic E-state index is -0.292. The van der Waals surface area contributed by atoms with E-state index in [1.165, 1.54) is 0 Å². The first-order chi connectivity index (χ1) is 16.7. The zero-order valence-corrected chi connectivity index (χ0v) is 18.3. The molecule has 2 amide bonds. The van der Waals surface area contributed by atoms with E-state index < -0.39 is 0 Å². The monoisotopic (exact) mass is 453 g/mol. The van der Waals surface area contributed by atoms with Gasteiger partial charge in [0.1, 0.15) is 0 Å². The van der Waals surface area contributed by atoms with E-state index in [9.17, 15) is 9.59 Å². The zero-order valence-electron chi connectivity index (χ0n) is 18.3. The van der Waals surface area contributed by atoms with Crippen molar-refractivity contribution in [3.8, 4) is 11.4 Å². The van der Waals surface area contributed by atoms with Crippen molar-refractivity contribution in [2.24, 2.45) is 0 Å². The normalized spacial score (nSPS) is 12.7. The van der Waals surface area contributed by atoms with E-state index in [-0.39, 0.29) is 18.4 Å². The molecule has 0 atom stereocenters. The van der Waals surface area contributed by atoms with Crippen LogP contribution in [-0.4, -0.2) is 38.6 Å². The molecule has 3 aromatic carbocycles. The quantitative estimate of drug-likeness (QED) is 0.372. The molecular formula is C25H23N7O2. The van der Waals surface area contributed by atoms with Crippen LogP contribution < -0.4 is 16.0 Å². The van der Waals surface area contributed by atoms with Crippen LogP contribution in [0.4, 0.5) is 17.1 Å². The van der Waals surface area contributed by atoms with Gasteiger partial charge in [-0.1, -0.05) is 30.3 Å². The van der Waals surface area contributed by atoms with Crippen molar-refractivity contribution in [3.05, 3.63) is 84.4 Å². The fraction of sp³-hybridized carbons (Fsp3) is 0.160. The Labute approximate surface area is 196 Å². The van der Waals surface area contributed by atoms with Crippen LogP contribution in [0.5, 0.6) is 0 Å². The third-order valence-corrected chi connectivity index (χ3v) is 5.46. The molecule has 0 bridgehead atoms. The molecule has 0 radical (unpaired) electrons. The highest BCUT2D eigenvalue weighted by molar-refractivity contribution is 6.10. The standard InChI is InChI=1S/C25H23N7O2/c33-23(28-22-9-5-4-8-21(22)25(34)27-19-6-2-1-3-7-19)16-26-18-12-10-17(11-13-18)24-29-30-31-32(24)20-14-15-20/h1-13,20,26H,14-16H2,(H,27,34)(H,28,33). The van der Waals surface area contributed by atoms with Crippen molar-refractivity contribution in [2.75, 3.05) is 22.5 Å². The Hall–Kier alpha value is -4.53. The number of nitrogens with zero attached hydrogens (tertiary/aromatic N) is 4. The summed E-state index contributed by atoms with van der Waals surface area (Å²) in [5.74, 6) is 0.193. The van der Waals surface area contributed by atoms with Crippen molar-refractivity contribution < 1.29 is 9.59 Å². The van der Waals surface area contributed by atoms with Crippen LogP contribution >= 0.6 is 0 Å². The van der Waals surface area contributed by atoms with Gasteiger partial charge in [-0.05, 0) is 71.8 Å². The lowest BCUT2D eigenvalue weighted by atomic mass is 10.1. The maximum Gasteiger partial charge on any atom is 0.257 e. The highest BCUT2D eigenvalue weighted by Crippen LogP contribution is 2.36. The van der Waals surface area contributed by atoms with E-state index in [0.717, 1.165) is 29.9 Å². The van der Waals surface area contributed by atoms with Crippen molar-refractivity contribution in [1.29, 1.82) is 0 Å². The van der Waals surface area contributed by atoms with Gasteiger partial charge in [0.05, 0.1) is 23.8 Å². The summed E-state index contributed by atoms with van der Waals surface area (Å²) < 4.78 is 1.86. The molecule has 3 N–H and O–H groups in total. The largest absolute Gasteiger partial charge is 0.376 e. The number of carbonyl (C=O) groups is 2. The van der Waals surface area contributed by atoms with Gasteiger partial charge in [0.2, 0.25) is 5.91 Å². The Morgan fingerprint density at radius 1 is 0.853 bits per heavy atom. The number of tetrazole rings is 1. The predicted molar refractivity (Wildman–Crippen MR) is 129 cm³/mol. The third kappa shape index (κ3) is 4.93. The minimum absolute atomic E-state index is 0.0494. The van der Waals surface area contributed by atoms with E-state index in [1.54, 1.807) is 36.4 Å². The number of amides is 2. The summed E-state index contributed by atoms with van der Waals surface area (Å²) >= 11 is 0. The van der Waals surface area contributed by atoms with Crippen LogP contribution in [0.25, 0.3) is 11.4 Å². The van der Waals surface area contributed by atoms with Gasteiger partial charge in [-0.3, -0.25) is 9.59 Å². The summed E-state index contributed by atoms with van der Waals surface area (Å²) in [5, 5.41) is 20.8. The van der Waals surface area contributed by atoms with Crippen molar-refractivity contribution in [1.82, 2.24) is 20.2 Å². The average molecular weight is 454 g/mol. The Morgan fingerprint density at radius 2 is 1.59 bits per heavy atom. The summed E-state index contributed by atoms with van der Waals surface area (Å²) in [5.41, 5.74) is 3.23. The zero-order chi connectivity index (χ0) is 23.3. The lowest BCUT2D eigenvalue weighted by molar-refractivity contribution is -0.114. The molecular weight excluding hydrogens is 430 g/mol. The van der Waals surface area contributed by atoms with E-state index in [1.807, 2.05) is 47.1 Å². The lowest BCUT2D eigenvalue weighted by Crippen LogP contribution is -2.23. The first-order valence-corrected chi connectivity index (χ1v) is 11.0. The lowest BCUT2D eigenvalue weighted by Gasteiger charge is -2.12. The van der Waals surface area contributed by atoms with E-state index >= 15 is 0 Å². The SMILES string of the molecule is O=C(CNc1ccc(-c2nnnn2C2CC2)cc1)Nc1ccccc1C(=O)Nc1ccccc1. The molecule has 1 heterocycles. The fourth-order valence-corrected chi connectivity index (χ4v) is 3.57. The molecule has 9 heteroatoms. The van der Waals surface area contributed by atoms with E-state index in [2.05, 4.69) is 31.5 Å². The molecule has 1 fully saturated rings. The Balaban J connectivity index is 1.19. The number of hydrogen-bond donors (Lipinski definition) is 3. The molecule has 170 valence electrons. The van der Waals surface area contributed by atoms with Gasteiger partial charge >= 0.3 is 0 Å². The highest BCUT2D eigenvalue weighted by Gasteiger charge is 2.28. The Kier molecular flexibility index (Phi) is 5.98.